The molecule has 0 aromatic carbocycles. The average Bonchev–Trinajstić information content (AvgIpc) is 2.00. The minimum atomic E-state index is 0.546. The third-order valence-electron chi connectivity index (χ3n) is 2.15. The van der Waals surface area contributed by atoms with Crippen LogP contribution in [0.1, 0.15) is 34.1 Å². The van der Waals surface area contributed by atoms with Crippen LogP contribution in [0.15, 0.2) is 11.1 Å². The molecule has 1 unspecified atom stereocenters. The Balaban J connectivity index is 4.29. The second kappa shape index (κ2) is 4.26. The molecule has 0 aromatic rings. The van der Waals surface area contributed by atoms with E-state index in [9.17, 15) is 4.79 Å². The molecule has 1 nitrogen and oxygen atoms in total. The van der Waals surface area contributed by atoms with Crippen molar-refractivity contribution < 1.29 is 4.79 Å². The zero-order valence-corrected chi connectivity index (χ0v) is 7.27. The summed E-state index contributed by atoms with van der Waals surface area (Å²) >= 11 is 0. The van der Waals surface area contributed by atoms with Crippen LogP contribution in [0.5, 0.6) is 0 Å². The van der Waals surface area contributed by atoms with E-state index in [-0.39, 0.29) is 0 Å². The Morgan fingerprint density at radius 2 is 2.00 bits per heavy atom. The molecular weight excluding hydrogens is 124 g/mol. The summed E-state index contributed by atoms with van der Waals surface area (Å²) in [6, 6.07) is 0. The Hall–Kier alpha value is -0.590. The topological polar surface area (TPSA) is 17.1 Å². The average molecular weight is 140 g/mol. The summed E-state index contributed by atoms with van der Waals surface area (Å²) in [5, 5.41) is 0. The molecule has 0 spiro atoms. The maximum absolute atomic E-state index is 10.3. The van der Waals surface area contributed by atoms with Crippen molar-refractivity contribution in [2.45, 2.75) is 34.1 Å². The Labute approximate surface area is 63.1 Å². The summed E-state index contributed by atoms with van der Waals surface area (Å²) in [6.45, 7) is 8.17. The highest BCUT2D eigenvalue weighted by Crippen LogP contribution is 2.15. The molecule has 10 heavy (non-hydrogen) atoms. The third-order valence-corrected chi connectivity index (χ3v) is 2.15. The van der Waals surface area contributed by atoms with Gasteiger partial charge in [0, 0.05) is 0 Å². The van der Waals surface area contributed by atoms with E-state index in [1.54, 1.807) is 0 Å². The Morgan fingerprint density at radius 1 is 1.50 bits per heavy atom. The zero-order valence-electron chi connectivity index (χ0n) is 7.27. The van der Waals surface area contributed by atoms with Crippen molar-refractivity contribution in [3.8, 4) is 0 Å². The van der Waals surface area contributed by atoms with Crippen LogP contribution in [0.4, 0.5) is 0 Å². The summed E-state index contributed by atoms with van der Waals surface area (Å²) in [7, 11) is 0. The number of rotatable bonds is 3. The maximum Gasteiger partial charge on any atom is 0.145 e. The molecule has 0 heterocycles. The molecule has 0 aliphatic carbocycles. The van der Waals surface area contributed by atoms with Gasteiger partial charge in [0.05, 0.1) is 0 Å². The van der Waals surface area contributed by atoms with Gasteiger partial charge >= 0.3 is 0 Å². The first-order chi connectivity index (χ1) is 4.63. The predicted octanol–water partition coefficient (Wildman–Crippen LogP) is 2.57. The molecule has 0 aliphatic heterocycles. The van der Waals surface area contributed by atoms with Crippen molar-refractivity contribution in [3.05, 3.63) is 11.1 Å². The van der Waals surface area contributed by atoms with E-state index >= 15 is 0 Å². The summed E-state index contributed by atoms with van der Waals surface area (Å²) in [5.74, 6) is 0.546. The van der Waals surface area contributed by atoms with Gasteiger partial charge in [0.15, 0.2) is 0 Å². The van der Waals surface area contributed by atoms with Gasteiger partial charge in [-0.15, -0.1) is 0 Å². The van der Waals surface area contributed by atoms with Crippen molar-refractivity contribution in [3.63, 3.8) is 0 Å². The van der Waals surface area contributed by atoms with Gasteiger partial charge in [0.1, 0.15) is 6.29 Å². The van der Waals surface area contributed by atoms with Gasteiger partial charge in [-0.25, -0.2) is 0 Å². The van der Waals surface area contributed by atoms with Gasteiger partial charge in [-0.1, -0.05) is 19.4 Å². The summed E-state index contributed by atoms with van der Waals surface area (Å²) in [4.78, 5) is 10.3. The van der Waals surface area contributed by atoms with Gasteiger partial charge in [0.25, 0.3) is 0 Å². The number of aldehydes is 1. The van der Waals surface area contributed by atoms with Crippen LogP contribution in [-0.2, 0) is 4.79 Å². The van der Waals surface area contributed by atoms with E-state index in [1.165, 1.54) is 5.57 Å². The predicted molar refractivity (Wildman–Crippen MR) is 43.9 cm³/mol. The number of carbonyl (C=O) groups is 1. The minimum Gasteiger partial charge on any atom is -0.298 e. The molecule has 1 heteroatoms. The van der Waals surface area contributed by atoms with E-state index in [0.717, 1.165) is 18.3 Å². The van der Waals surface area contributed by atoms with Crippen LogP contribution >= 0.6 is 0 Å². The van der Waals surface area contributed by atoms with E-state index in [4.69, 9.17) is 0 Å². The maximum atomic E-state index is 10.3. The quantitative estimate of drug-likeness (QED) is 0.435. The van der Waals surface area contributed by atoms with Crippen molar-refractivity contribution in [2.24, 2.45) is 5.92 Å². The number of hydrogen-bond acceptors (Lipinski definition) is 1. The second-order valence-corrected chi connectivity index (χ2v) is 2.79. The molecule has 58 valence electrons. The third kappa shape index (κ3) is 2.34. The molecule has 0 saturated carbocycles. The molecule has 0 bridgehead atoms. The first-order valence-corrected chi connectivity index (χ1v) is 3.76. The Bertz CT molecular complexity index is 145. The molecular formula is C9H16O. The fourth-order valence-electron chi connectivity index (χ4n) is 0.788. The molecule has 1 atom stereocenters. The van der Waals surface area contributed by atoms with Crippen LogP contribution in [0.3, 0.4) is 0 Å². The van der Waals surface area contributed by atoms with Crippen molar-refractivity contribution in [1.82, 2.24) is 0 Å². The molecule has 0 saturated heterocycles. The lowest BCUT2D eigenvalue weighted by atomic mass is 9.96. The van der Waals surface area contributed by atoms with Gasteiger partial charge in [-0.2, -0.15) is 0 Å². The second-order valence-electron chi connectivity index (χ2n) is 2.79. The number of carbonyl (C=O) groups excluding carboxylic acids is 1. The number of allylic oxidation sites excluding steroid dienone is 2. The first-order valence-electron chi connectivity index (χ1n) is 3.76. The lowest BCUT2D eigenvalue weighted by molar-refractivity contribution is -0.104. The monoisotopic (exact) mass is 140 g/mol. The molecule has 0 N–H and O–H groups in total. The van der Waals surface area contributed by atoms with E-state index in [0.29, 0.717) is 5.92 Å². The lowest BCUT2D eigenvalue weighted by Crippen LogP contribution is -1.97. The fraction of sp³-hybridized carbons (Fsp3) is 0.667. The van der Waals surface area contributed by atoms with Gasteiger partial charge in [0.2, 0.25) is 0 Å². The van der Waals surface area contributed by atoms with Crippen LogP contribution in [-0.4, -0.2) is 6.29 Å². The van der Waals surface area contributed by atoms with Gasteiger partial charge < -0.3 is 0 Å². The van der Waals surface area contributed by atoms with Gasteiger partial charge in [-0.05, 0) is 31.8 Å². The van der Waals surface area contributed by atoms with Crippen molar-refractivity contribution >= 4 is 6.29 Å². The number of hydrogen-bond donors (Lipinski definition) is 0. The summed E-state index contributed by atoms with van der Waals surface area (Å²) in [6.07, 6.45) is 2.04. The molecule has 0 rings (SSSR count). The molecule has 0 aliphatic rings. The van der Waals surface area contributed by atoms with Crippen molar-refractivity contribution in [2.75, 3.05) is 0 Å². The Kier molecular flexibility index (Phi) is 4.01. The highest BCUT2D eigenvalue weighted by atomic mass is 16.1. The lowest BCUT2D eigenvalue weighted by Gasteiger charge is -2.09. The van der Waals surface area contributed by atoms with Crippen LogP contribution in [0.25, 0.3) is 0 Å². The largest absolute Gasteiger partial charge is 0.298 e. The van der Waals surface area contributed by atoms with Crippen molar-refractivity contribution in [1.29, 1.82) is 0 Å². The van der Waals surface area contributed by atoms with E-state index < -0.39 is 0 Å². The zero-order chi connectivity index (χ0) is 8.15. The minimum absolute atomic E-state index is 0.546. The van der Waals surface area contributed by atoms with Crippen LogP contribution < -0.4 is 0 Å². The Morgan fingerprint density at radius 3 is 2.30 bits per heavy atom. The normalized spacial score (nSPS) is 16.0. The van der Waals surface area contributed by atoms with E-state index in [1.807, 2.05) is 13.8 Å². The first kappa shape index (κ1) is 9.41. The standard InChI is InChI=1S/C9H16O/c1-5-7(2)9(4)8(3)6-10/h6-7H,5H2,1-4H3/b9-8+. The molecule has 0 fully saturated rings. The van der Waals surface area contributed by atoms with Crippen LogP contribution in [0.2, 0.25) is 0 Å². The summed E-state index contributed by atoms with van der Waals surface area (Å²) in [5.41, 5.74) is 2.10. The van der Waals surface area contributed by atoms with E-state index in [2.05, 4.69) is 13.8 Å². The van der Waals surface area contributed by atoms with Crippen LogP contribution in [0, 0.1) is 5.92 Å². The highest BCUT2D eigenvalue weighted by Gasteiger charge is 2.03. The summed E-state index contributed by atoms with van der Waals surface area (Å²) < 4.78 is 0. The SMILES string of the molecule is CCC(C)/C(C)=C(\C)C=O. The molecule has 0 radical (unpaired) electrons. The highest BCUT2D eigenvalue weighted by molar-refractivity contribution is 5.73. The molecule has 0 aromatic heterocycles. The molecule has 0 amide bonds. The smallest absolute Gasteiger partial charge is 0.145 e. The van der Waals surface area contributed by atoms with Gasteiger partial charge in [-0.3, -0.25) is 4.79 Å². The fourth-order valence-corrected chi connectivity index (χ4v) is 0.788.